The Labute approximate surface area is 305 Å². The van der Waals surface area contributed by atoms with E-state index in [1.54, 1.807) is 46.2 Å². The molecular weight excluding hydrogens is 666 g/mol. The van der Waals surface area contributed by atoms with Gasteiger partial charge < -0.3 is 29.3 Å². The lowest BCUT2D eigenvalue weighted by atomic mass is 9.62. The van der Waals surface area contributed by atoms with Gasteiger partial charge in [0.1, 0.15) is 17.4 Å². The van der Waals surface area contributed by atoms with Crippen LogP contribution in [0.1, 0.15) is 32.8 Å². The number of hydrogen-bond acceptors (Lipinski definition) is 6. The first-order valence-electron chi connectivity index (χ1n) is 17.5. The fourth-order valence-corrected chi connectivity index (χ4v) is 8.72. The maximum Gasteiger partial charge on any atom is 0.253 e. The molecule has 3 saturated heterocycles. The minimum Gasteiger partial charge on any atom is -0.494 e. The standard InChI is InChI=1S/C41H46ClN3O6/c1-6-22-43(31-18-20-33(21-19-31)50-8-3)37(47)34-35-38(48)45(32(26-46)24-28-12-10-9-11-13-28)36(41(35)25-27(4)40(34,5)51-41)39(49)44(23-7-2)30-16-14-29(42)15-17-30/h6-7,9-21,27,32,34-36,46H,1-2,8,22-26H2,3-5H3/t27?,32-,34+,35+,36?,40-,41?/m1/s1. The first kappa shape index (κ1) is 36.4. The van der Waals surface area contributed by atoms with E-state index in [0.717, 1.165) is 5.56 Å². The quantitative estimate of drug-likeness (QED) is 0.203. The van der Waals surface area contributed by atoms with Gasteiger partial charge in [0.2, 0.25) is 11.8 Å². The number of aliphatic hydroxyl groups excluding tert-OH is 1. The lowest BCUT2D eigenvalue weighted by Crippen LogP contribution is -2.59. The van der Waals surface area contributed by atoms with E-state index in [1.807, 2.05) is 75.4 Å². The van der Waals surface area contributed by atoms with Crippen molar-refractivity contribution >= 4 is 40.7 Å². The number of carbonyl (C=O) groups excluding carboxylic acids is 3. The summed E-state index contributed by atoms with van der Waals surface area (Å²) in [7, 11) is 0. The smallest absolute Gasteiger partial charge is 0.253 e. The number of benzene rings is 3. The van der Waals surface area contributed by atoms with Crippen LogP contribution in [0.15, 0.2) is 104 Å². The molecule has 10 heteroatoms. The molecule has 3 amide bonds. The third kappa shape index (κ3) is 6.26. The van der Waals surface area contributed by atoms with Gasteiger partial charge in [-0.1, -0.05) is 61.0 Å². The Morgan fingerprint density at radius 2 is 1.59 bits per heavy atom. The highest BCUT2D eigenvalue weighted by Crippen LogP contribution is 2.66. The van der Waals surface area contributed by atoms with Gasteiger partial charge in [-0.05, 0) is 86.7 Å². The van der Waals surface area contributed by atoms with Crippen molar-refractivity contribution in [2.45, 2.75) is 56.9 Å². The SMILES string of the molecule is C=CCN(C(=O)C1N([C@@H](CO)Cc2ccccc2)C(=O)[C@@H]2[C@@H](C(=O)N(CC=C)c3ccc(OCC)cc3)[C@]3(C)OC12CC3C)c1ccc(Cl)cc1. The van der Waals surface area contributed by atoms with Crippen LogP contribution in [-0.4, -0.2) is 77.3 Å². The number of amides is 3. The molecule has 0 aromatic heterocycles. The fraction of sp³-hybridized carbons (Fsp3) is 0.390. The molecule has 1 N–H and O–H groups in total. The summed E-state index contributed by atoms with van der Waals surface area (Å²) in [6.45, 7) is 14.1. The van der Waals surface area contributed by atoms with Crippen molar-refractivity contribution in [2.24, 2.45) is 17.8 Å². The predicted octanol–water partition coefficient (Wildman–Crippen LogP) is 6.09. The van der Waals surface area contributed by atoms with E-state index in [-0.39, 0.29) is 36.7 Å². The van der Waals surface area contributed by atoms with E-state index in [2.05, 4.69) is 13.2 Å². The summed E-state index contributed by atoms with van der Waals surface area (Å²) < 4.78 is 12.7. The van der Waals surface area contributed by atoms with Crippen LogP contribution in [0.2, 0.25) is 5.02 Å². The topological polar surface area (TPSA) is 99.6 Å². The minimum atomic E-state index is -1.34. The number of ether oxygens (including phenoxy) is 2. The van der Waals surface area contributed by atoms with Gasteiger partial charge in [-0.3, -0.25) is 14.4 Å². The maximum absolute atomic E-state index is 15.2. The number of anilines is 2. The van der Waals surface area contributed by atoms with Crippen LogP contribution >= 0.6 is 11.6 Å². The highest BCUT2D eigenvalue weighted by Gasteiger charge is 2.80. The third-order valence-electron chi connectivity index (χ3n) is 10.9. The van der Waals surface area contributed by atoms with Gasteiger partial charge in [-0.2, -0.15) is 0 Å². The summed E-state index contributed by atoms with van der Waals surface area (Å²) in [5.41, 5.74) is -0.283. The normalized spacial score (nSPS) is 26.8. The van der Waals surface area contributed by atoms with Crippen LogP contribution in [0.4, 0.5) is 11.4 Å². The Morgan fingerprint density at radius 1 is 1.00 bits per heavy atom. The Balaban J connectivity index is 1.48. The Kier molecular flexibility index (Phi) is 10.4. The molecule has 0 radical (unpaired) electrons. The molecule has 51 heavy (non-hydrogen) atoms. The first-order chi connectivity index (χ1) is 24.5. The summed E-state index contributed by atoms with van der Waals surface area (Å²) in [6, 6.07) is 21.8. The Bertz CT molecular complexity index is 1770. The van der Waals surface area contributed by atoms with Crippen molar-refractivity contribution in [2.75, 3.05) is 36.1 Å². The molecule has 6 rings (SSSR count). The van der Waals surface area contributed by atoms with E-state index >= 15 is 14.4 Å². The number of nitrogens with zero attached hydrogens (tertiary/aromatic N) is 3. The maximum atomic E-state index is 15.2. The zero-order valence-electron chi connectivity index (χ0n) is 29.4. The van der Waals surface area contributed by atoms with Crippen molar-refractivity contribution in [3.05, 3.63) is 115 Å². The lowest BCUT2D eigenvalue weighted by molar-refractivity contribution is -0.149. The number of fused-ring (bicyclic) bond motifs is 1. The van der Waals surface area contributed by atoms with E-state index in [0.29, 0.717) is 41.6 Å². The minimum absolute atomic E-state index is 0.155. The fourth-order valence-electron chi connectivity index (χ4n) is 8.59. The molecule has 7 atom stereocenters. The number of hydrogen-bond donors (Lipinski definition) is 1. The molecule has 3 unspecified atom stereocenters. The number of likely N-dealkylation sites (tertiary alicyclic amines) is 1. The Morgan fingerprint density at radius 3 is 2.16 bits per heavy atom. The molecule has 2 bridgehead atoms. The average molecular weight is 712 g/mol. The summed E-state index contributed by atoms with van der Waals surface area (Å²) in [5.74, 6) is -2.43. The molecular formula is C41H46ClN3O6. The van der Waals surface area contributed by atoms with Crippen LogP contribution in [0.3, 0.4) is 0 Å². The van der Waals surface area contributed by atoms with Crippen molar-refractivity contribution in [3.63, 3.8) is 0 Å². The third-order valence-corrected chi connectivity index (χ3v) is 11.2. The summed E-state index contributed by atoms with van der Waals surface area (Å²) in [5, 5.41) is 11.5. The molecule has 3 aromatic carbocycles. The number of halogens is 1. The molecule has 3 aliphatic rings. The number of rotatable bonds is 14. The van der Waals surface area contributed by atoms with Gasteiger partial charge in [0.05, 0.1) is 36.7 Å². The highest BCUT2D eigenvalue weighted by molar-refractivity contribution is 6.30. The van der Waals surface area contributed by atoms with E-state index in [9.17, 15) is 5.11 Å². The Hall–Kier alpha value is -4.44. The number of aliphatic hydroxyl groups is 1. The molecule has 1 spiro atoms. The molecule has 0 saturated carbocycles. The van der Waals surface area contributed by atoms with Crippen molar-refractivity contribution in [1.82, 2.24) is 4.90 Å². The van der Waals surface area contributed by atoms with E-state index in [1.165, 1.54) is 4.90 Å². The van der Waals surface area contributed by atoms with Gasteiger partial charge in [0.25, 0.3) is 5.91 Å². The lowest BCUT2D eigenvalue weighted by Gasteiger charge is -2.39. The molecule has 3 aromatic rings. The molecule has 0 aliphatic carbocycles. The van der Waals surface area contributed by atoms with Crippen molar-refractivity contribution in [3.8, 4) is 5.75 Å². The van der Waals surface area contributed by atoms with Gasteiger partial charge >= 0.3 is 0 Å². The van der Waals surface area contributed by atoms with Crippen LogP contribution < -0.4 is 14.5 Å². The van der Waals surface area contributed by atoms with Gasteiger partial charge in [-0.25, -0.2) is 0 Å². The predicted molar refractivity (Wildman–Crippen MR) is 199 cm³/mol. The van der Waals surface area contributed by atoms with Crippen LogP contribution in [0.5, 0.6) is 5.75 Å². The van der Waals surface area contributed by atoms with Crippen molar-refractivity contribution in [1.29, 1.82) is 0 Å². The first-order valence-corrected chi connectivity index (χ1v) is 17.9. The van der Waals surface area contributed by atoms with E-state index < -0.39 is 41.7 Å². The van der Waals surface area contributed by atoms with Crippen LogP contribution in [0, 0.1) is 17.8 Å². The number of carbonyl (C=O) groups is 3. The van der Waals surface area contributed by atoms with Crippen LogP contribution in [0.25, 0.3) is 0 Å². The molecule has 3 heterocycles. The molecule has 268 valence electrons. The molecule has 3 fully saturated rings. The summed E-state index contributed by atoms with van der Waals surface area (Å²) >= 11 is 6.22. The summed E-state index contributed by atoms with van der Waals surface area (Å²) in [4.78, 5) is 50.1. The highest BCUT2D eigenvalue weighted by atomic mass is 35.5. The second-order valence-electron chi connectivity index (χ2n) is 13.9. The second kappa shape index (κ2) is 14.7. The molecule has 9 nitrogen and oxygen atoms in total. The monoisotopic (exact) mass is 711 g/mol. The van der Waals surface area contributed by atoms with Gasteiger partial charge in [0.15, 0.2) is 0 Å². The van der Waals surface area contributed by atoms with E-state index in [4.69, 9.17) is 21.1 Å². The van der Waals surface area contributed by atoms with Crippen LogP contribution in [-0.2, 0) is 25.5 Å². The largest absolute Gasteiger partial charge is 0.494 e. The van der Waals surface area contributed by atoms with Gasteiger partial charge in [-0.15, -0.1) is 13.2 Å². The zero-order valence-corrected chi connectivity index (χ0v) is 30.2. The molecule has 3 aliphatic heterocycles. The second-order valence-corrected chi connectivity index (χ2v) is 14.3. The average Bonchev–Trinajstić information content (AvgIpc) is 3.65. The van der Waals surface area contributed by atoms with Crippen molar-refractivity contribution < 1.29 is 29.0 Å². The zero-order chi connectivity index (χ0) is 36.5. The van der Waals surface area contributed by atoms with Gasteiger partial charge in [0, 0.05) is 29.5 Å². The summed E-state index contributed by atoms with van der Waals surface area (Å²) in [6.07, 6.45) is 3.97.